The van der Waals surface area contributed by atoms with E-state index in [1.165, 1.54) is 11.1 Å². The first-order valence-electron chi connectivity index (χ1n) is 8.30. The molecule has 2 heteroatoms. The van der Waals surface area contributed by atoms with E-state index in [4.69, 9.17) is 0 Å². The second kappa shape index (κ2) is 5.72. The number of carboxylic acid groups (broad SMARTS) is 1. The summed E-state index contributed by atoms with van der Waals surface area (Å²) in [4.78, 5) is 11.4. The summed E-state index contributed by atoms with van der Waals surface area (Å²) in [5, 5.41) is 9.37. The first-order valence-corrected chi connectivity index (χ1v) is 8.30. The topological polar surface area (TPSA) is 37.3 Å². The smallest absolute Gasteiger partial charge is 0.335 e. The highest BCUT2D eigenvalue weighted by atomic mass is 16.4. The van der Waals surface area contributed by atoms with E-state index >= 15 is 0 Å². The van der Waals surface area contributed by atoms with Gasteiger partial charge in [-0.3, -0.25) is 0 Å². The molecule has 0 saturated heterocycles. The minimum Gasteiger partial charge on any atom is -0.478 e. The highest BCUT2D eigenvalue weighted by Gasteiger charge is 2.53. The van der Waals surface area contributed by atoms with Crippen LogP contribution in [0.5, 0.6) is 0 Å². The maximum Gasteiger partial charge on any atom is 0.335 e. The van der Waals surface area contributed by atoms with Gasteiger partial charge in [-0.15, -0.1) is 0 Å². The largest absolute Gasteiger partial charge is 0.478 e. The lowest BCUT2D eigenvalue weighted by Gasteiger charge is -2.57. The summed E-state index contributed by atoms with van der Waals surface area (Å²) in [6.07, 6.45) is 1.000. The van der Waals surface area contributed by atoms with E-state index in [0.717, 1.165) is 12.0 Å². The van der Waals surface area contributed by atoms with E-state index in [2.05, 4.69) is 41.5 Å². The molecular formula is C20H32O2. The second-order valence-corrected chi connectivity index (χ2v) is 7.89. The number of rotatable bonds is 1. The van der Waals surface area contributed by atoms with Crippen molar-refractivity contribution in [2.75, 3.05) is 0 Å². The molecule has 1 aromatic rings. The third-order valence-electron chi connectivity index (χ3n) is 6.29. The van der Waals surface area contributed by atoms with Crippen LogP contribution in [0.25, 0.3) is 0 Å². The molecule has 0 radical (unpaired) electrons. The molecule has 1 aromatic carbocycles. The van der Waals surface area contributed by atoms with Crippen LogP contribution in [0.3, 0.4) is 0 Å². The lowest BCUT2D eigenvalue weighted by Crippen LogP contribution is -2.52. The Kier molecular flexibility index (Phi) is 4.87. The molecule has 0 aromatic heterocycles. The summed E-state index contributed by atoms with van der Waals surface area (Å²) in [7, 11) is 0. The third-order valence-corrected chi connectivity index (χ3v) is 6.29. The van der Waals surface area contributed by atoms with Gasteiger partial charge in [0.15, 0.2) is 0 Å². The van der Waals surface area contributed by atoms with Crippen LogP contribution in [0, 0.1) is 17.8 Å². The predicted octanol–water partition coefficient (Wildman–Crippen LogP) is 5.61. The Labute approximate surface area is 135 Å². The number of carboxylic acids is 1. The summed E-state index contributed by atoms with van der Waals surface area (Å²) >= 11 is 0. The Balaban J connectivity index is 0.00000116. The highest BCUT2D eigenvalue weighted by Crippen LogP contribution is 2.59. The summed E-state index contributed by atoms with van der Waals surface area (Å²) < 4.78 is 0. The number of aromatic carboxylic acids is 1. The van der Waals surface area contributed by atoms with Crippen LogP contribution in [0.4, 0.5) is 0 Å². The van der Waals surface area contributed by atoms with Gasteiger partial charge >= 0.3 is 5.97 Å². The van der Waals surface area contributed by atoms with Gasteiger partial charge in [0.2, 0.25) is 0 Å². The van der Waals surface area contributed by atoms with Crippen LogP contribution < -0.4 is 0 Å². The number of carbonyl (C=O) groups is 1. The summed E-state index contributed by atoms with van der Waals surface area (Å²) in [6, 6.07) is 3.78. The van der Waals surface area contributed by atoms with Crippen molar-refractivity contribution in [3.8, 4) is 0 Å². The molecule has 2 rings (SSSR count). The average molecular weight is 304 g/mol. The standard InChI is InChI=1S/C18H26O2.C2H6/c1-11-13(15(19)20)9-8-12-10-16(2,3)18(6,7)17(4,5)14(11)12;1-2/h8-9H,10H2,1-7H3,(H,19,20);1-2H3. The van der Waals surface area contributed by atoms with Crippen molar-refractivity contribution in [1.82, 2.24) is 0 Å². The van der Waals surface area contributed by atoms with Crippen LogP contribution in [0.1, 0.15) is 82.4 Å². The van der Waals surface area contributed by atoms with Gasteiger partial charge in [0.25, 0.3) is 0 Å². The van der Waals surface area contributed by atoms with Crippen LogP contribution in [-0.4, -0.2) is 11.1 Å². The summed E-state index contributed by atoms with van der Waals surface area (Å²) in [5.74, 6) is -0.830. The van der Waals surface area contributed by atoms with Crippen LogP contribution in [0.2, 0.25) is 0 Å². The quantitative estimate of drug-likeness (QED) is 0.732. The summed E-state index contributed by atoms with van der Waals surface area (Å²) in [5.41, 5.74) is 4.13. The maximum absolute atomic E-state index is 11.4. The lowest BCUT2D eigenvalue weighted by atomic mass is 9.47. The average Bonchev–Trinajstić information content (AvgIpc) is 2.38. The number of hydrogen-bond donors (Lipinski definition) is 1. The van der Waals surface area contributed by atoms with E-state index in [1.54, 1.807) is 6.07 Å². The van der Waals surface area contributed by atoms with Gasteiger partial charge in [-0.1, -0.05) is 61.5 Å². The molecule has 124 valence electrons. The Morgan fingerprint density at radius 1 is 1.05 bits per heavy atom. The fraction of sp³-hybridized carbons (Fsp3) is 0.650. The highest BCUT2D eigenvalue weighted by molar-refractivity contribution is 5.90. The minimum atomic E-state index is -0.830. The van der Waals surface area contributed by atoms with Crippen LogP contribution >= 0.6 is 0 Å². The number of hydrogen-bond acceptors (Lipinski definition) is 1. The van der Waals surface area contributed by atoms with Crippen molar-refractivity contribution in [3.63, 3.8) is 0 Å². The maximum atomic E-state index is 11.4. The van der Waals surface area contributed by atoms with Gasteiger partial charge in [0.05, 0.1) is 5.56 Å². The zero-order valence-electron chi connectivity index (χ0n) is 15.7. The van der Waals surface area contributed by atoms with Gasteiger partial charge in [0.1, 0.15) is 0 Å². The molecular weight excluding hydrogens is 272 g/mol. The second-order valence-electron chi connectivity index (χ2n) is 7.89. The van der Waals surface area contributed by atoms with Gasteiger partial charge in [-0.2, -0.15) is 0 Å². The third kappa shape index (κ3) is 2.47. The number of benzene rings is 1. The Morgan fingerprint density at radius 3 is 2.00 bits per heavy atom. The predicted molar refractivity (Wildman–Crippen MR) is 93.8 cm³/mol. The fourth-order valence-corrected chi connectivity index (χ4v) is 3.87. The van der Waals surface area contributed by atoms with Crippen molar-refractivity contribution >= 4 is 5.97 Å². The normalized spacial score (nSPS) is 20.4. The molecule has 0 spiro atoms. The molecule has 0 atom stereocenters. The molecule has 22 heavy (non-hydrogen) atoms. The van der Waals surface area contributed by atoms with Gasteiger partial charge < -0.3 is 5.11 Å². The Hall–Kier alpha value is -1.31. The first-order chi connectivity index (χ1) is 9.93. The minimum absolute atomic E-state index is 0.0559. The fourth-order valence-electron chi connectivity index (χ4n) is 3.87. The lowest BCUT2D eigenvalue weighted by molar-refractivity contribution is 0.0149. The Morgan fingerprint density at radius 2 is 1.55 bits per heavy atom. The number of fused-ring (bicyclic) bond motifs is 1. The molecule has 1 N–H and O–H groups in total. The molecule has 2 nitrogen and oxygen atoms in total. The SMILES string of the molecule is CC.Cc1c(C(=O)O)ccc2c1C(C)(C)C(C)(C)C(C)(C)C2. The molecule has 0 fully saturated rings. The van der Waals surface area contributed by atoms with Gasteiger partial charge in [-0.05, 0) is 52.3 Å². The van der Waals surface area contributed by atoms with E-state index in [1.807, 2.05) is 26.8 Å². The zero-order chi connectivity index (χ0) is 17.5. The van der Waals surface area contributed by atoms with Crippen LogP contribution in [0.15, 0.2) is 12.1 Å². The molecule has 0 heterocycles. The molecule has 0 aliphatic heterocycles. The van der Waals surface area contributed by atoms with Gasteiger partial charge in [-0.25, -0.2) is 4.79 Å². The monoisotopic (exact) mass is 304 g/mol. The molecule has 0 saturated carbocycles. The van der Waals surface area contributed by atoms with Crippen LogP contribution in [-0.2, 0) is 11.8 Å². The van der Waals surface area contributed by atoms with E-state index in [-0.39, 0.29) is 16.2 Å². The van der Waals surface area contributed by atoms with Crippen molar-refractivity contribution in [2.45, 2.75) is 74.1 Å². The van der Waals surface area contributed by atoms with E-state index < -0.39 is 5.97 Å². The van der Waals surface area contributed by atoms with E-state index in [0.29, 0.717) is 5.56 Å². The van der Waals surface area contributed by atoms with E-state index in [9.17, 15) is 9.90 Å². The van der Waals surface area contributed by atoms with Crippen molar-refractivity contribution in [2.24, 2.45) is 10.8 Å². The molecule has 0 unspecified atom stereocenters. The zero-order valence-corrected chi connectivity index (χ0v) is 15.7. The van der Waals surface area contributed by atoms with Crippen molar-refractivity contribution in [1.29, 1.82) is 0 Å². The van der Waals surface area contributed by atoms with Crippen molar-refractivity contribution < 1.29 is 9.90 Å². The van der Waals surface area contributed by atoms with Gasteiger partial charge in [0, 0.05) is 0 Å². The first kappa shape index (κ1) is 18.7. The summed E-state index contributed by atoms with van der Waals surface area (Å²) in [6.45, 7) is 19.7. The Bertz CT molecular complexity index is 578. The molecule has 0 bridgehead atoms. The van der Waals surface area contributed by atoms with Crippen molar-refractivity contribution in [3.05, 3.63) is 34.4 Å². The molecule has 1 aliphatic carbocycles. The molecule has 0 amide bonds. The molecule has 1 aliphatic rings.